The zero-order valence-electron chi connectivity index (χ0n) is 13.8. The van der Waals surface area contributed by atoms with Crippen LogP contribution in [0.2, 0.25) is 0 Å². The highest BCUT2D eigenvalue weighted by Gasteiger charge is 2.07. The van der Waals surface area contributed by atoms with Crippen LogP contribution in [0.25, 0.3) is 11.1 Å². The molecule has 0 saturated carbocycles. The van der Waals surface area contributed by atoms with E-state index in [-0.39, 0.29) is 6.61 Å². The first kappa shape index (κ1) is 17.1. The molecule has 0 spiro atoms. The summed E-state index contributed by atoms with van der Waals surface area (Å²) in [6.45, 7) is 0.222. The van der Waals surface area contributed by atoms with E-state index >= 15 is 0 Å². The summed E-state index contributed by atoms with van der Waals surface area (Å²) in [6.07, 6.45) is 2.07. The Kier molecular flexibility index (Phi) is 5.75. The molecule has 3 rings (SSSR count). The van der Waals surface area contributed by atoms with E-state index in [1.807, 2.05) is 42.5 Å². The molecule has 3 nitrogen and oxygen atoms in total. The van der Waals surface area contributed by atoms with Crippen molar-refractivity contribution in [1.29, 1.82) is 0 Å². The van der Waals surface area contributed by atoms with Gasteiger partial charge < -0.3 is 9.84 Å². The lowest BCUT2D eigenvalue weighted by Crippen LogP contribution is -2.18. The second-order valence-electron chi connectivity index (χ2n) is 5.88. The van der Waals surface area contributed by atoms with Gasteiger partial charge in [0.05, 0.1) is 6.10 Å². The highest BCUT2D eigenvalue weighted by atomic mass is 19.1. The van der Waals surface area contributed by atoms with Gasteiger partial charge in [0.25, 0.3) is 0 Å². The van der Waals surface area contributed by atoms with Crippen LogP contribution in [0, 0.1) is 5.95 Å². The van der Waals surface area contributed by atoms with Crippen molar-refractivity contribution in [3.05, 3.63) is 84.4 Å². The molecule has 0 amide bonds. The maximum Gasteiger partial charge on any atom is 0.212 e. The van der Waals surface area contributed by atoms with Crippen LogP contribution in [0.1, 0.15) is 12.0 Å². The van der Waals surface area contributed by atoms with Crippen LogP contribution in [-0.4, -0.2) is 22.8 Å². The van der Waals surface area contributed by atoms with E-state index in [9.17, 15) is 9.50 Å². The number of aliphatic hydroxyl groups is 1. The van der Waals surface area contributed by atoms with Gasteiger partial charge in [-0.25, -0.2) is 4.98 Å². The molecule has 0 aliphatic heterocycles. The molecule has 3 aromatic rings. The molecule has 1 aromatic heterocycles. The van der Waals surface area contributed by atoms with Crippen LogP contribution >= 0.6 is 0 Å². The summed E-state index contributed by atoms with van der Waals surface area (Å²) in [4.78, 5) is 3.60. The van der Waals surface area contributed by atoms with Crippen molar-refractivity contribution in [3.63, 3.8) is 0 Å². The molecule has 1 unspecified atom stereocenters. The number of ether oxygens (including phenoxy) is 1. The molecule has 25 heavy (non-hydrogen) atoms. The molecule has 0 bridgehead atoms. The SMILES string of the molecule is OC(CCc1ccc(F)nc1)COc1ccc(-c2ccccc2)cc1. The minimum atomic E-state index is -0.584. The summed E-state index contributed by atoms with van der Waals surface area (Å²) in [5, 5.41) is 10.0. The van der Waals surface area contributed by atoms with Gasteiger partial charge in [-0.05, 0) is 47.7 Å². The van der Waals surface area contributed by atoms with Gasteiger partial charge in [-0.1, -0.05) is 48.5 Å². The molecular weight excluding hydrogens is 317 g/mol. The molecule has 0 aliphatic carbocycles. The largest absolute Gasteiger partial charge is 0.491 e. The first-order valence-corrected chi connectivity index (χ1v) is 8.27. The predicted molar refractivity (Wildman–Crippen MR) is 95.9 cm³/mol. The lowest BCUT2D eigenvalue weighted by molar-refractivity contribution is 0.100. The van der Waals surface area contributed by atoms with Crippen molar-refractivity contribution >= 4 is 0 Å². The number of rotatable bonds is 7. The number of aliphatic hydroxyl groups excluding tert-OH is 1. The Morgan fingerprint density at radius 1 is 0.920 bits per heavy atom. The van der Waals surface area contributed by atoms with Crippen molar-refractivity contribution in [1.82, 2.24) is 4.98 Å². The molecule has 0 aliphatic rings. The van der Waals surface area contributed by atoms with Crippen LogP contribution < -0.4 is 4.74 Å². The molecule has 4 heteroatoms. The fraction of sp³-hybridized carbons (Fsp3) is 0.190. The third kappa shape index (κ3) is 5.13. The normalized spacial score (nSPS) is 11.9. The van der Waals surface area contributed by atoms with Crippen LogP contribution in [0.5, 0.6) is 5.75 Å². The van der Waals surface area contributed by atoms with E-state index in [0.717, 1.165) is 22.4 Å². The molecule has 0 saturated heterocycles. The van der Waals surface area contributed by atoms with Gasteiger partial charge in [-0.15, -0.1) is 0 Å². The molecule has 1 atom stereocenters. The van der Waals surface area contributed by atoms with Crippen LogP contribution in [-0.2, 0) is 6.42 Å². The first-order valence-electron chi connectivity index (χ1n) is 8.27. The van der Waals surface area contributed by atoms with E-state index in [1.54, 1.807) is 6.07 Å². The molecule has 0 fully saturated rings. The van der Waals surface area contributed by atoms with Crippen LogP contribution in [0.3, 0.4) is 0 Å². The Bertz CT molecular complexity index is 773. The highest BCUT2D eigenvalue weighted by Crippen LogP contribution is 2.22. The minimum absolute atomic E-state index is 0.222. The average molecular weight is 337 g/mol. The summed E-state index contributed by atoms with van der Waals surface area (Å²) >= 11 is 0. The fourth-order valence-electron chi connectivity index (χ4n) is 2.54. The van der Waals surface area contributed by atoms with E-state index < -0.39 is 12.1 Å². The van der Waals surface area contributed by atoms with Gasteiger partial charge in [0.2, 0.25) is 5.95 Å². The third-order valence-corrected chi connectivity index (χ3v) is 3.96. The van der Waals surface area contributed by atoms with Gasteiger partial charge in [0.15, 0.2) is 0 Å². The lowest BCUT2D eigenvalue weighted by Gasteiger charge is -2.12. The summed E-state index contributed by atoms with van der Waals surface area (Å²) in [6, 6.07) is 20.9. The second-order valence-corrected chi connectivity index (χ2v) is 5.88. The fourth-order valence-corrected chi connectivity index (χ4v) is 2.54. The number of nitrogens with zero attached hydrogens (tertiary/aromatic N) is 1. The van der Waals surface area contributed by atoms with E-state index in [0.29, 0.717) is 12.8 Å². The molecule has 2 aromatic carbocycles. The van der Waals surface area contributed by atoms with Gasteiger partial charge in [-0.2, -0.15) is 4.39 Å². The Morgan fingerprint density at radius 2 is 1.64 bits per heavy atom. The average Bonchev–Trinajstić information content (AvgIpc) is 2.67. The smallest absolute Gasteiger partial charge is 0.212 e. The standard InChI is InChI=1S/C21H20FNO2/c22-21-13-7-16(14-23-21)6-10-19(24)15-25-20-11-8-18(9-12-20)17-4-2-1-3-5-17/h1-5,7-9,11-14,19,24H,6,10,15H2. The number of benzene rings is 2. The summed E-state index contributed by atoms with van der Waals surface area (Å²) in [5.74, 6) is 0.230. The minimum Gasteiger partial charge on any atom is -0.491 e. The Hall–Kier alpha value is -2.72. The second kappa shape index (κ2) is 8.40. The van der Waals surface area contributed by atoms with E-state index in [2.05, 4.69) is 17.1 Å². The van der Waals surface area contributed by atoms with Crippen molar-refractivity contribution in [2.45, 2.75) is 18.9 Å². The summed E-state index contributed by atoms with van der Waals surface area (Å²) < 4.78 is 18.4. The Balaban J connectivity index is 1.47. The van der Waals surface area contributed by atoms with Gasteiger partial charge in [0, 0.05) is 6.20 Å². The van der Waals surface area contributed by atoms with Crippen molar-refractivity contribution in [3.8, 4) is 16.9 Å². The molecular formula is C21H20FNO2. The number of aryl methyl sites for hydroxylation is 1. The van der Waals surface area contributed by atoms with Crippen molar-refractivity contribution in [2.24, 2.45) is 0 Å². The molecule has 128 valence electrons. The van der Waals surface area contributed by atoms with Crippen LogP contribution in [0.15, 0.2) is 72.9 Å². The quantitative estimate of drug-likeness (QED) is 0.655. The van der Waals surface area contributed by atoms with Crippen molar-refractivity contribution in [2.75, 3.05) is 6.61 Å². The van der Waals surface area contributed by atoms with Crippen LogP contribution in [0.4, 0.5) is 4.39 Å². The monoisotopic (exact) mass is 337 g/mol. The summed E-state index contributed by atoms with van der Waals surface area (Å²) in [5.41, 5.74) is 3.17. The number of aromatic nitrogens is 1. The Morgan fingerprint density at radius 3 is 2.32 bits per heavy atom. The van der Waals surface area contributed by atoms with Gasteiger partial charge in [0.1, 0.15) is 12.4 Å². The first-order chi connectivity index (χ1) is 12.2. The zero-order valence-corrected chi connectivity index (χ0v) is 13.8. The number of hydrogen-bond donors (Lipinski definition) is 1. The molecule has 0 radical (unpaired) electrons. The lowest BCUT2D eigenvalue weighted by atomic mass is 10.1. The van der Waals surface area contributed by atoms with Crippen molar-refractivity contribution < 1.29 is 14.2 Å². The highest BCUT2D eigenvalue weighted by molar-refractivity contribution is 5.63. The maximum absolute atomic E-state index is 12.8. The molecule has 1 heterocycles. The van der Waals surface area contributed by atoms with E-state index in [1.165, 1.54) is 12.3 Å². The Labute approximate surface area is 146 Å². The van der Waals surface area contributed by atoms with Gasteiger partial charge in [-0.3, -0.25) is 0 Å². The maximum atomic E-state index is 12.8. The topological polar surface area (TPSA) is 42.4 Å². The number of halogens is 1. The predicted octanol–water partition coefficient (Wildman–Crippen LogP) is 4.26. The van der Waals surface area contributed by atoms with Gasteiger partial charge >= 0.3 is 0 Å². The van der Waals surface area contributed by atoms with E-state index in [4.69, 9.17) is 4.74 Å². The number of hydrogen-bond acceptors (Lipinski definition) is 3. The summed E-state index contributed by atoms with van der Waals surface area (Å²) in [7, 11) is 0. The zero-order chi connectivity index (χ0) is 17.5. The molecule has 1 N–H and O–H groups in total. The third-order valence-electron chi connectivity index (χ3n) is 3.96. The number of pyridine rings is 1.